The molecule has 7 nitrogen and oxygen atoms in total. The average molecular weight is 334 g/mol. The highest BCUT2D eigenvalue weighted by molar-refractivity contribution is 5.78. The molecule has 3 heterocycles. The van der Waals surface area contributed by atoms with Gasteiger partial charge in [-0.25, -0.2) is 15.1 Å². The Balaban J connectivity index is 1.88. The number of nitrogens with one attached hydrogen (secondary N) is 3. The molecule has 4 rings (SSSR count). The van der Waals surface area contributed by atoms with E-state index in [9.17, 15) is 9.90 Å². The highest BCUT2D eigenvalue weighted by atomic mass is 16.3. The first kappa shape index (κ1) is 15.1. The summed E-state index contributed by atoms with van der Waals surface area (Å²) in [6.45, 7) is 3.66. The fourth-order valence-corrected chi connectivity index (χ4v) is 2.86. The highest BCUT2D eigenvalue weighted by Gasteiger charge is 2.14. The van der Waals surface area contributed by atoms with E-state index in [1.807, 2.05) is 32.0 Å². The van der Waals surface area contributed by atoms with E-state index in [0.717, 1.165) is 27.7 Å². The van der Waals surface area contributed by atoms with Gasteiger partial charge in [-0.1, -0.05) is 0 Å². The molecule has 124 valence electrons. The van der Waals surface area contributed by atoms with E-state index in [1.165, 1.54) is 0 Å². The maximum atomic E-state index is 12.2. The SMILES string of the molecule is Cc1cc(-c2cc(-c3nc4cc[nH+]cc4[nH]3)c(=O)[nH]n2)cc(C)c1O. The Hall–Kier alpha value is -3.48. The summed E-state index contributed by atoms with van der Waals surface area (Å²) in [6.07, 6.45) is 3.56. The number of hydrogen-bond acceptors (Lipinski definition) is 4. The first-order chi connectivity index (χ1) is 12.0. The average Bonchev–Trinajstić information content (AvgIpc) is 3.03. The molecule has 0 aliphatic carbocycles. The molecule has 0 saturated heterocycles. The van der Waals surface area contributed by atoms with Crippen LogP contribution in [0.15, 0.2) is 41.5 Å². The standard InChI is InChI=1S/C18H15N5O2/c1-9-5-11(6-10(2)16(9)24)14-7-12(18(25)23-22-14)17-20-13-3-4-19-8-15(13)21-17/h3-8,24H,1-2H3,(H,20,21)(H,23,25)/p+1. The number of imidazole rings is 1. The van der Waals surface area contributed by atoms with Crippen molar-refractivity contribution in [2.24, 2.45) is 0 Å². The molecule has 0 aliphatic rings. The lowest BCUT2D eigenvalue weighted by molar-refractivity contribution is -0.376. The summed E-state index contributed by atoms with van der Waals surface area (Å²) in [6, 6.07) is 7.20. The number of rotatable bonds is 2. The van der Waals surface area contributed by atoms with Crippen molar-refractivity contribution in [1.82, 2.24) is 20.2 Å². The van der Waals surface area contributed by atoms with Gasteiger partial charge < -0.3 is 10.1 Å². The van der Waals surface area contributed by atoms with Crippen LogP contribution in [0.3, 0.4) is 0 Å². The summed E-state index contributed by atoms with van der Waals surface area (Å²) in [5.41, 5.74) is 4.59. The lowest BCUT2D eigenvalue weighted by atomic mass is 10.0. The molecule has 0 atom stereocenters. The number of aromatic hydroxyl groups is 1. The molecule has 0 bridgehead atoms. The molecule has 3 aromatic heterocycles. The number of benzene rings is 1. The van der Waals surface area contributed by atoms with E-state index in [-0.39, 0.29) is 11.3 Å². The van der Waals surface area contributed by atoms with E-state index >= 15 is 0 Å². The number of phenolic OH excluding ortho intramolecular Hbond substituents is 1. The summed E-state index contributed by atoms with van der Waals surface area (Å²) in [5, 5.41) is 16.6. The summed E-state index contributed by atoms with van der Waals surface area (Å²) in [4.78, 5) is 22.8. The van der Waals surface area contributed by atoms with Gasteiger partial charge in [0.1, 0.15) is 22.6 Å². The highest BCUT2D eigenvalue weighted by Crippen LogP contribution is 2.29. The Bertz CT molecular complexity index is 1100. The minimum Gasteiger partial charge on any atom is -0.507 e. The van der Waals surface area contributed by atoms with Crippen molar-refractivity contribution in [2.75, 3.05) is 0 Å². The first-order valence-electron chi connectivity index (χ1n) is 7.79. The Morgan fingerprint density at radius 2 is 1.92 bits per heavy atom. The van der Waals surface area contributed by atoms with Gasteiger partial charge in [-0.3, -0.25) is 4.79 Å². The quantitative estimate of drug-likeness (QED) is 0.521. The largest absolute Gasteiger partial charge is 0.507 e. The molecule has 1 aromatic carbocycles. The molecule has 0 saturated carbocycles. The smallest absolute Gasteiger partial charge is 0.275 e. The summed E-state index contributed by atoms with van der Waals surface area (Å²) in [7, 11) is 0. The zero-order valence-electron chi connectivity index (χ0n) is 13.7. The number of phenols is 1. The van der Waals surface area contributed by atoms with Gasteiger partial charge in [0.2, 0.25) is 0 Å². The summed E-state index contributed by atoms with van der Waals surface area (Å²) in [5.74, 6) is 0.744. The van der Waals surface area contributed by atoms with Crippen LogP contribution >= 0.6 is 0 Å². The number of nitrogens with zero attached hydrogens (tertiary/aromatic N) is 2. The maximum Gasteiger partial charge on any atom is 0.275 e. The van der Waals surface area contributed by atoms with Gasteiger partial charge in [0, 0.05) is 11.6 Å². The van der Waals surface area contributed by atoms with Crippen LogP contribution in [-0.2, 0) is 0 Å². The van der Waals surface area contributed by atoms with Crippen molar-refractivity contribution in [3.63, 3.8) is 0 Å². The van der Waals surface area contributed by atoms with Crippen molar-refractivity contribution < 1.29 is 10.1 Å². The van der Waals surface area contributed by atoms with Gasteiger partial charge in [-0.15, -0.1) is 0 Å². The monoisotopic (exact) mass is 334 g/mol. The molecule has 0 unspecified atom stereocenters. The minimum atomic E-state index is -0.320. The van der Waals surface area contributed by atoms with Crippen molar-refractivity contribution in [1.29, 1.82) is 0 Å². The zero-order chi connectivity index (χ0) is 17.6. The van der Waals surface area contributed by atoms with E-state index < -0.39 is 0 Å². The normalized spacial score (nSPS) is 11.1. The van der Waals surface area contributed by atoms with Crippen LogP contribution in [0.25, 0.3) is 33.7 Å². The number of fused-ring (bicyclic) bond motifs is 1. The fourth-order valence-electron chi connectivity index (χ4n) is 2.86. The third-order valence-electron chi connectivity index (χ3n) is 4.17. The van der Waals surface area contributed by atoms with Crippen molar-refractivity contribution >= 4 is 11.0 Å². The van der Waals surface area contributed by atoms with E-state index in [0.29, 0.717) is 17.1 Å². The molecule has 25 heavy (non-hydrogen) atoms. The number of pyridine rings is 1. The lowest BCUT2D eigenvalue weighted by Gasteiger charge is -2.08. The number of aromatic nitrogens is 5. The molecular formula is C18H16N5O2+. The first-order valence-corrected chi connectivity index (χ1v) is 7.79. The van der Waals surface area contributed by atoms with Gasteiger partial charge in [-0.2, -0.15) is 5.10 Å². The Morgan fingerprint density at radius 1 is 1.16 bits per heavy atom. The second-order valence-corrected chi connectivity index (χ2v) is 5.98. The third kappa shape index (κ3) is 2.55. The molecule has 0 aliphatic heterocycles. The topological polar surface area (TPSA) is 109 Å². The Kier molecular flexibility index (Phi) is 3.35. The number of H-pyrrole nitrogens is 3. The fraction of sp³-hybridized carbons (Fsp3) is 0.111. The second-order valence-electron chi connectivity index (χ2n) is 5.98. The Morgan fingerprint density at radius 3 is 2.64 bits per heavy atom. The Labute approximate surface area is 142 Å². The van der Waals surface area contributed by atoms with Crippen LogP contribution in [0.2, 0.25) is 0 Å². The molecule has 0 radical (unpaired) electrons. The van der Waals surface area contributed by atoms with Crippen LogP contribution in [0.4, 0.5) is 0 Å². The summed E-state index contributed by atoms with van der Waals surface area (Å²) < 4.78 is 0. The molecule has 0 fully saturated rings. The molecule has 4 N–H and O–H groups in total. The van der Waals surface area contributed by atoms with E-state index in [4.69, 9.17) is 0 Å². The van der Waals surface area contributed by atoms with Crippen LogP contribution in [-0.4, -0.2) is 25.3 Å². The van der Waals surface area contributed by atoms with E-state index in [1.54, 1.807) is 18.5 Å². The predicted octanol–water partition coefficient (Wildman–Crippen LogP) is 2.12. The van der Waals surface area contributed by atoms with Crippen LogP contribution in [0.1, 0.15) is 11.1 Å². The lowest BCUT2D eigenvalue weighted by Crippen LogP contribution is -2.12. The molecule has 4 aromatic rings. The molecular weight excluding hydrogens is 318 g/mol. The van der Waals surface area contributed by atoms with Gasteiger partial charge in [0.15, 0.2) is 12.4 Å². The third-order valence-corrected chi connectivity index (χ3v) is 4.17. The van der Waals surface area contributed by atoms with Crippen molar-refractivity contribution in [3.8, 4) is 28.4 Å². The van der Waals surface area contributed by atoms with Crippen molar-refractivity contribution in [2.45, 2.75) is 13.8 Å². The summed E-state index contributed by atoms with van der Waals surface area (Å²) >= 11 is 0. The van der Waals surface area contributed by atoms with Crippen molar-refractivity contribution in [3.05, 3.63) is 58.1 Å². The van der Waals surface area contributed by atoms with Gasteiger partial charge >= 0.3 is 0 Å². The number of aryl methyl sites for hydroxylation is 2. The minimum absolute atomic E-state index is 0.266. The van der Waals surface area contributed by atoms with Gasteiger partial charge in [-0.05, 0) is 43.2 Å². The predicted molar refractivity (Wildman–Crippen MR) is 93.1 cm³/mol. The zero-order valence-corrected chi connectivity index (χ0v) is 13.7. The molecule has 7 heteroatoms. The molecule has 0 amide bonds. The van der Waals surface area contributed by atoms with Crippen LogP contribution in [0, 0.1) is 13.8 Å². The van der Waals surface area contributed by atoms with Crippen LogP contribution < -0.4 is 10.5 Å². The number of aromatic amines is 3. The number of hydrogen-bond donors (Lipinski definition) is 3. The van der Waals surface area contributed by atoms with Gasteiger partial charge in [0.05, 0.1) is 11.3 Å². The second kappa shape index (κ2) is 5.55. The van der Waals surface area contributed by atoms with Gasteiger partial charge in [0.25, 0.3) is 5.56 Å². The van der Waals surface area contributed by atoms with Crippen LogP contribution in [0.5, 0.6) is 5.75 Å². The van der Waals surface area contributed by atoms with E-state index in [2.05, 4.69) is 25.1 Å². The maximum absolute atomic E-state index is 12.2. The molecule has 0 spiro atoms.